The van der Waals surface area contributed by atoms with Gasteiger partial charge in [0.05, 0.1) is 29.5 Å². The number of alkyl halides is 1. The highest BCUT2D eigenvalue weighted by molar-refractivity contribution is 6.34. The van der Waals surface area contributed by atoms with Crippen LogP contribution in [0.3, 0.4) is 0 Å². The third-order valence-corrected chi connectivity index (χ3v) is 5.79. The number of nitrogens with zero attached hydrogens (tertiary/aromatic N) is 3. The molecule has 1 aromatic carbocycles. The Balaban J connectivity index is 1.54. The molecule has 7 heteroatoms. The van der Waals surface area contributed by atoms with Crippen LogP contribution < -0.4 is 10.6 Å². The summed E-state index contributed by atoms with van der Waals surface area (Å²) < 4.78 is 19.6. The van der Waals surface area contributed by atoms with Gasteiger partial charge in [0, 0.05) is 37.8 Å². The molecule has 0 aliphatic carbocycles. The zero-order chi connectivity index (χ0) is 17.6. The minimum absolute atomic E-state index is 0.197. The van der Waals surface area contributed by atoms with Gasteiger partial charge in [0.15, 0.2) is 0 Å². The number of anilines is 2. The number of hydrogen-bond donors (Lipinski definition) is 1. The summed E-state index contributed by atoms with van der Waals surface area (Å²) >= 11 is 6.50. The molecule has 2 aliphatic heterocycles. The van der Waals surface area contributed by atoms with Gasteiger partial charge >= 0.3 is 0 Å². The first kappa shape index (κ1) is 16.8. The molecule has 2 saturated heterocycles. The summed E-state index contributed by atoms with van der Waals surface area (Å²) in [7, 11) is 0. The highest BCUT2D eigenvalue weighted by Crippen LogP contribution is 2.34. The fourth-order valence-corrected chi connectivity index (χ4v) is 4.09. The third-order valence-electron chi connectivity index (χ3n) is 5.48. The SMILES string of the molecule is CC1(N2CCN(c3cc4cc(N)ncc4cc3Cl)CC2)COC[C@@H]1F. The number of fused-ring (bicyclic) bond motifs is 1. The molecule has 0 radical (unpaired) electrons. The number of piperazine rings is 1. The van der Waals surface area contributed by atoms with Gasteiger partial charge in [0.2, 0.25) is 0 Å². The van der Waals surface area contributed by atoms with E-state index in [0.29, 0.717) is 17.4 Å². The lowest BCUT2D eigenvalue weighted by molar-refractivity contribution is 0.0448. The number of rotatable bonds is 2. The molecule has 2 fully saturated rings. The summed E-state index contributed by atoms with van der Waals surface area (Å²) in [4.78, 5) is 8.57. The molecule has 0 spiro atoms. The number of hydrogen-bond acceptors (Lipinski definition) is 5. The summed E-state index contributed by atoms with van der Waals surface area (Å²) in [5, 5.41) is 2.69. The Hall–Kier alpha value is -1.63. The van der Waals surface area contributed by atoms with Crippen LogP contribution in [0.1, 0.15) is 6.92 Å². The average Bonchev–Trinajstić information content (AvgIpc) is 2.95. The average molecular weight is 365 g/mol. The molecule has 134 valence electrons. The van der Waals surface area contributed by atoms with Crippen LogP contribution in [0.15, 0.2) is 24.4 Å². The molecule has 5 nitrogen and oxygen atoms in total. The van der Waals surface area contributed by atoms with Crippen LogP contribution in [-0.4, -0.2) is 61.0 Å². The standard InChI is InChI=1S/C18H22ClFN4O/c1-18(11-25-10-16(18)20)24-4-2-23(3-5-24)15-7-12-8-17(21)22-9-13(12)6-14(15)19/h6-9,16H,2-5,10-11H2,1H3,(H2,21,22)/t16-,18?/m0/s1. The lowest BCUT2D eigenvalue weighted by Crippen LogP contribution is -2.59. The van der Waals surface area contributed by atoms with Crippen LogP contribution in [0.5, 0.6) is 0 Å². The molecule has 0 saturated carbocycles. The van der Waals surface area contributed by atoms with Crippen molar-refractivity contribution in [3.05, 3.63) is 29.4 Å². The molecule has 0 bridgehead atoms. The minimum atomic E-state index is -0.932. The van der Waals surface area contributed by atoms with Gasteiger partial charge in [-0.15, -0.1) is 0 Å². The number of nitrogens with two attached hydrogens (primary N) is 1. The Morgan fingerprint density at radius 3 is 2.68 bits per heavy atom. The molecule has 3 heterocycles. The summed E-state index contributed by atoms with van der Waals surface area (Å²) in [6.45, 7) is 5.78. The summed E-state index contributed by atoms with van der Waals surface area (Å²) in [5.41, 5.74) is 6.27. The number of ether oxygens (including phenoxy) is 1. The second kappa shape index (κ2) is 6.27. The van der Waals surface area contributed by atoms with Gasteiger partial charge in [0.1, 0.15) is 12.0 Å². The minimum Gasteiger partial charge on any atom is -0.384 e. The van der Waals surface area contributed by atoms with Gasteiger partial charge < -0.3 is 15.4 Å². The van der Waals surface area contributed by atoms with E-state index in [1.54, 1.807) is 6.20 Å². The summed E-state index contributed by atoms with van der Waals surface area (Å²) in [6, 6.07) is 5.84. The second-order valence-electron chi connectivity index (χ2n) is 7.07. The van der Waals surface area contributed by atoms with Crippen LogP contribution in [0, 0.1) is 0 Å². The zero-order valence-electron chi connectivity index (χ0n) is 14.2. The fourth-order valence-electron chi connectivity index (χ4n) is 3.80. The van der Waals surface area contributed by atoms with Crippen molar-refractivity contribution in [3.63, 3.8) is 0 Å². The molecule has 2 atom stereocenters. The van der Waals surface area contributed by atoms with E-state index in [1.807, 2.05) is 19.1 Å². The van der Waals surface area contributed by atoms with Crippen molar-refractivity contribution in [2.24, 2.45) is 0 Å². The van der Waals surface area contributed by atoms with Crippen LogP contribution in [0.4, 0.5) is 15.9 Å². The highest BCUT2D eigenvalue weighted by atomic mass is 35.5. The van der Waals surface area contributed by atoms with E-state index >= 15 is 0 Å². The molecule has 1 unspecified atom stereocenters. The maximum absolute atomic E-state index is 14.2. The van der Waals surface area contributed by atoms with Crippen molar-refractivity contribution in [3.8, 4) is 0 Å². The van der Waals surface area contributed by atoms with Crippen molar-refractivity contribution in [1.29, 1.82) is 0 Å². The number of pyridine rings is 1. The third kappa shape index (κ3) is 2.92. The quantitative estimate of drug-likeness (QED) is 0.888. The number of halogens is 2. The molecule has 0 amide bonds. The van der Waals surface area contributed by atoms with E-state index in [2.05, 4.69) is 20.9 Å². The molecule has 1 aromatic heterocycles. The number of benzene rings is 1. The Kier molecular flexibility index (Phi) is 4.22. The molecule has 25 heavy (non-hydrogen) atoms. The Labute approximate surface area is 151 Å². The predicted octanol–water partition coefficient (Wildman–Crippen LogP) is 2.72. The highest BCUT2D eigenvalue weighted by Gasteiger charge is 2.46. The summed E-state index contributed by atoms with van der Waals surface area (Å²) in [5.74, 6) is 0.494. The summed E-state index contributed by atoms with van der Waals surface area (Å²) in [6.07, 6.45) is 0.805. The lowest BCUT2D eigenvalue weighted by Gasteiger charge is -2.44. The normalized spacial score (nSPS) is 28.0. The van der Waals surface area contributed by atoms with Crippen molar-refractivity contribution in [2.75, 3.05) is 50.0 Å². The largest absolute Gasteiger partial charge is 0.384 e. The zero-order valence-corrected chi connectivity index (χ0v) is 15.0. The molecular weight excluding hydrogens is 343 g/mol. The van der Waals surface area contributed by atoms with E-state index in [0.717, 1.165) is 42.6 Å². The Morgan fingerprint density at radius 2 is 2.00 bits per heavy atom. The first-order valence-electron chi connectivity index (χ1n) is 8.54. The van der Waals surface area contributed by atoms with E-state index in [4.69, 9.17) is 22.1 Å². The van der Waals surface area contributed by atoms with E-state index in [-0.39, 0.29) is 6.61 Å². The first-order valence-corrected chi connectivity index (χ1v) is 8.92. The first-order chi connectivity index (χ1) is 12.0. The van der Waals surface area contributed by atoms with Crippen molar-refractivity contribution < 1.29 is 9.13 Å². The van der Waals surface area contributed by atoms with Crippen LogP contribution in [0.2, 0.25) is 5.02 Å². The van der Waals surface area contributed by atoms with Gasteiger partial charge in [-0.3, -0.25) is 4.90 Å². The topological polar surface area (TPSA) is 54.6 Å². The van der Waals surface area contributed by atoms with Crippen molar-refractivity contribution >= 4 is 33.9 Å². The van der Waals surface area contributed by atoms with Crippen molar-refractivity contribution in [1.82, 2.24) is 9.88 Å². The second-order valence-corrected chi connectivity index (χ2v) is 7.48. The Bertz CT molecular complexity index is 796. The smallest absolute Gasteiger partial charge is 0.144 e. The van der Waals surface area contributed by atoms with E-state index < -0.39 is 11.7 Å². The van der Waals surface area contributed by atoms with E-state index in [1.165, 1.54) is 0 Å². The fraction of sp³-hybridized carbons (Fsp3) is 0.500. The molecular formula is C18H22ClFN4O. The van der Waals surface area contributed by atoms with E-state index in [9.17, 15) is 4.39 Å². The van der Waals surface area contributed by atoms with Gasteiger partial charge in [-0.2, -0.15) is 0 Å². The maximum atomic E-state index is 14.2. The van der Waals surface area contributed by atoms with Gasteiger partial charge in [0.25, 0.3) is 0 Å². The van der Waals surface area contributed by atoms with Gasteiger partial charge in [-0.05, 0) is 30.5 Å². The van der Waals surface area contributed by atoms with Crippen LogP contribution in [0.25, 0.3) is 10.8 Å². The number of nitrogen functional groups attached to an aromatic ring is 1. The predicted molar refractivity (Wildman–Crippen MR) is 99.1 cm³/mol. The monoisotopic (exact) mass is 364 g/mol. The number of aromatic nitrogens is 1. The van der Waals surface area contributed by atoms with Crippen LogP contribution in [-0.2, 0) is 4.74 Å². The van der Waals surface area contributed by atoms with Crippen molar-refractivity contribution in [2.45, 2.75) is 18.6 Å². The van der Waals surface area contributed by atoms with Gasteiger partial charge in [-0.25, -0.2) is 9.37 Å². The molecule has 2 aliphatic rings. The van der Waals surface area contributed by atoms with Gasteiger partial charge in [-0.1, -0.05) is 11.6 Å². The molecule has 4 rings (SSSR count). The maximum Gasteiger partial charge on any atom is 0.144 e. The van der Waals surface area contributed by atoms with Crippen LogP contribution >= 0.6 is 11.6 Å². The molecule has 2 aromatic rings. The molecule has 2 N–H and O–H groups in total. The lowest BCUT2D eigenvalue weighted by atomic mass is 9.96. The Morgan fingerprint density at radius 1 is 1.24 bits per heavy atom.